The van der Waals surface area contributed by atoms with E-state index in [2.05, 4.69) is 20.3 Å². The van der Waals surface area contributed by atoms with E-state index in [0.29, 0.717) is 11.5 Å². The highest BCUT2D eigenvalue weighted by Crippen LogP contribution is 2.20. The Bertz CT molecular complexity index is 1050. The maximum absolute atomic E-state index is 13.7. The number of carbonyl (C=O) groups is 1. The number of hydrogen-bond acceptors (Lipinski definition) is 5. The van der Waals surface area contributed by atoms with E-state index >= 15 is 0 Å². The lowest BCUT2D eigenvalue weighted by molar-refractivity contribution is -0.117. The summed E-state index contributed by atoms with van der Waals surface area (Å²) in [5, 5.41) is 6.80. The first kappa shape index (κ1) is 18.1. The smallest absolute Gasteiger partial charge is 0.350 e. The molecule has 0 radical (unpaired) electrons. The standard InChI is InChI=1S/C19H21FN6O2/c20-14-7-3-4-8-15(14)22-16(27)13-26-19(28)25-12-9-21-17(18(25)23-26)24-10-5-1-2-6-11-24/h3-4,7-9,12H,1-2,5-6,10-11,13H2,(H,22,27). The summed E-state index contributed by atoms with van der Waals surface area (Å²) in [6.07, 6.45) is 7.60. The molecule has 1 aliphatic heterocycles. The molecule has 0 bridgehead atoms. The number of nitrogens with zero attached hydrogens (tertiary/aromatic N) is 5. The van der Waals surface area contributed by atoms with Gasteiger partial charge in [0.05, 0.1) is 5.69 Å². The number of hydrogen-bond donors (Lipinski definition) is 1. The van der Waals surface area contributed by atoms with Crippen LogP contribution in [0.4, 0.5) is 15.9 Å². The van der Waals surface area contributed by atoms with Crippen LogP contribution in [-0.2, 0) is 11.3 Å². The zero-order chi connectivity index (χ0) is 19.5. The van der Waals surface area contributed by atoms with E-state index < -0.39 is 17.4 Å². The van der Waals surface area contributed by atoms with Gasteiger partial charge in [-0.3, -0.25) is 4.79 Å². The van der Waals surface area contributed by atoms with Crippen molar-refractivity contribution in [2.45, 2.75) is 32.2 Å². The lowest BCUT2D eigenvalue weighted by atomic mass is 10.2. The molecule has 4 rings (SSSR count). The van der Waals surface area contributed by atoms with E-state index in [-0.39, 0.29) is 12.2 Å². The zero-order valence-corrected chi connectivity index (χ0v) is 15.3. The first-order valence-electron chi connectivity index (χ1n) is 9.37. The first-order chi connectivity index (χ1) is 13.6. The topological polar surface area (TPSA) is 84.5 Å². The molecule has 146 valence electrons. The molecule has 1 aromatic carbocycles. The molecule has 0 unspecified atom stereocenters. The molecule has 1 N–H and O–H groups in total. The molecule has 3 aromatic rings. The predicted octanol–water partition coefficient (Wildman–Crippen LogP) is 2.05. The van der Waals surface area contributed by atoms with E-state index in [9.17, 15) is 14.0 Å². The van der Waals surface area contributed by atoms with Crippen molar-refractivity contribution in [3.05, 3.63) is 53.0 Å². The van der Waals surface area contributed by atoms with Gasteiger partial charge in [0, 0.05) is 25.5 Å². The number of rotatable bonds is 4. The molecule has 3 heterocycles. The number of nitrogens with one attached hydrogen (secondary N) is 1. The van der Waals surface area contributed by atoms with E-state index in [4.69, 9.17) is 0 Å². The Morgan fingerprint density at radius 3 is 2.64 bits per heavy atom. The van der Waals surface area contributed by atoms with Gasteiger partial charge in [-0.25, -0.2) is 23.3 Å². The number of para-hydroxylation sites is 1. The number of carbonyl (C=O) groups excluding carboxylic acids is 1. The summed E-state index contributed by atoms with van der Waals surface area (Å²) < 4.78 is 16.2. The summed E-state index contributed by atoms with van der Waals surface area (Å²) in [7, 11) is 0. The van der Waals surface area contributed by atoms with Crippen LogP contribution >= 0.6 is 0 Å². The minimum absolute atomic E-state index is 0.0660. The van der Waals surface area contributed by atoms with Gasteiger partial charge < -0.3 is 10.2 Å². The van der Waals surface area contributed by atoms with Crippen LogP contribution in [0.2, 0.25) is 0 Å². The van der Waals surface area contributed by atoms with Gasteiger partial charge in [-0.1, -0.05) is 25.0 Å². The maximum Gasteiger partial charge on any atom is 0.350 e. The number of anilines is 2. The fourth-order valence-electron chi connectivity index (χ4n) is 3.43. The molecule has 8 nitrogen and oxygen atoms in total. The Labute approximate surface area is 160 Å². The van der Waals surface area contributed by atoms with E-state index in [1.807, 2.05) is 0 Å². The second-order valence-corrected chi connectivity index (χ2v) is 6.81. The second kappa shape index (κ2) is 7.79. The van der Waals surface area contributed by atoms with Gasteiger partial charge >= 0.3 is 5.69 Å². The Balaban J connectivity index is 1.60. The number of fused-ring (bicyclic) bond motifs is 1. The molecule has 1 aliphatic rings. The average molecular weight is 384 g/mol. The van der Waals surface area contributed by atoms with Crippen LogP contribution in [0.5, 0.6) is 0 Å². The lowest BCUT2D eigenvalue weighted by Crippen LogP contribution is -2.28. The molecule has 1 fully saturated rings. The summed E-state index contributed by atoms with van der Waals surface area (Å²) in [6, 6.07) is 5.87. The predicted molar refractivity (Wildman–Crippen MR) is 103 cm³/mol. The second-order valence-electron chi connectivity index (χ2n) is 6.81. The summed E-state index contributed by atoms with van der Waals surface area (Å²) >= 11 is 0. The van der Waals surface area contributed by atoms with Gasteiger partial charge in [-0.2, -0.15) is 0 Å². The molecular formula is C19H21FN6O2. The summed E-state index contributed by atoms with van der Waals surface area (Å²) in [4.78, 5) is 31.5. The molecule has 2 aromatic heterocycles. The van der Waals surface area contributed by atoms with Crippen LogP contribution in [0.15, 0.2) is 41.5 Å². The molecular weight excluding hydrogens is 363 g/mol. The van der Waals surface area contributed by atoms with E-state index in [1.54, 1.807) is 12.3 Å². The number of benzene rings is 1. The van der Waals surface area contributed by atoms with Crippen molar-refractivity contribution in [3.63, 3.8) is 0 Å². The number of aromatic nitrogens is 4. The first-order valence-corrected chi connectivity index (χ1v) is 9.37. The number of halogens is 1. The zero-order valence-electron chi connectivity index (χ0n) is 15.3. The van der Waals surface area contributed by atoms with Crippen molar-refractivity contribution < 1.29 is 9.18 Å². The van der Waals surface area contributed by atoms with Gasteiger partial charge in [0.15, 0.2) is 5.82 Å². The maximum atomic E-state index is 13.7. The van der Waals surface area contributed by atoms with Crippen molar-refractivity contribution in [1.82, 2.24) is 19.2 Å². The fourth-order valence-corrected chi connectivity index (χ4v) is 3.43. The van der Waals surface area contributed by atoms with Crippen molar-refractivity contribution in [3.8, 4) is 0 Å². The van der Waals surface area contributed by atoms with Crippen LogP contribution in [0.1, 0.15) is 25.7 Å². The highest BCUT2D eigenvalue weighted by Gasteiger charge is 2.19. The van der Waals surface area contributed by atoms with Crippen molar-refractivity contribution in [1.29, 1.82) is 0 Å². The molecule has 1 amide bonds. The molecule has 0 saturated carbocycles. The third-order valence-electron chi connectivity index (χ3n) is 4.83. The van der Waals surface area contributed by atoms with Crippen LogP contribution in [-0.4, -0.2) is 38.2 Å². The minimum atomic E-state index is -0.536. The third kappa shape index (κ3) is 3.60. The Hall–Kier alpha value is -3.23. The Kier molecular flexibility index (Phi) is 5.05. The Morgan fingerprint density at radius 1 is 1.14 bits per heavy atom. The summed E-state index contributed by atoms with van der Waals surface area (Å²) in [5.41, 5.74) is 0.0569. The SMILES string of the molecule is O=C(Cn1nc2c(N3CCCCCC3)nccn2c1=O)Nc1ccccc1F. The van der Waals surface area contributed by atoms with Gasteiger partial charge in [0.2, 0.25) is 11.6 Å². The van der Waals surface area contributed by atoms with E-state index in [0.717, 1.165) is 30.6 Å². The summed E-state index contributed by atoms with van der Waals surface area (Å²) in [6.45, 7) is 1.41. The molecule has 0 atom stereocenters. The highest BCUT2D eigenvalue weighted by molar-refractivity contribution is 5.90. The monoisotopic (exact) mass is 384 g/mol. The van der Waals surface area contributed by atoms with Crippen LogP contribution in [0.3, 0.4) is 0 Å². The lowest BCUT2D eigenvalue weighted by Gasteiger charge is -2.20. The normalized spacial score (nSPS) is 14.8. The van der Waals surface area contributed by atoms with Crippen LogP contribution in [0, 0.1) is 5.82 Å². The largest absolute Gasteiger partial charge is 0.353 e. The van der Waals surface area contributed by atoms with Gasteiger partial charge in [0.1, 0.15) is 12.4 Å². The molecule has 1 saturated heterocycles. The van der Waals surface area contributed by atoms with Gasteiger partial charge in [-0.05, 0) is 25.0 Å². The van der Waals surface area contributed by atoms with Crippen molar-refractivity contribution in [2.75, 3.05) is 23.3 Å². The number of amides is 1. The van der Waals surface area contributed by atoms with E-state index in [1.165, 1.54) is 41.6 Å². The third-order valence-corrected chi connectivity index (χ3v) is 4.83. The minimum Gasteiger partial charge on any atom is -0.353 e. The molecule has 0 aliphatic carbocycles. The van der Waals surface area contributed by atoms with Crippen LogP contribution < -0.4 is 15.9 Å². The molecule has 28 heavy (non-hydrogen) atoms. The highest BCUT2D eigenvalue weighted by atomic mass is 19.1. The molecule has 0 spiro atoms. The molecule has 9 heteroatoms. The van der Waals surface area contributed by atoms with Crippen molar-refractivity contribution >= 4 is 23.1 Å². The summed E-state index contributed by atoms with van der Waals surface area (Å²) in [5.74, 6) is -0.416. The van der Waals surface area contributed by atoms with Gasteiger partial charge in [0.25, 0.3) is 0 Å². The Morgan fingerprint density at radius 2 is 1.89 bits per heavy atom. The van der Waals surface area contributed by atoms with Crippen LogP contribution in [0.25, 0.3) is 5.65 Å². The van der Waals surface area contributed by atoms with Crippen molar-refractivity contribution in [2.24, 2.45) is 0 Å². The fraction of sp³-hybridized carbons (Fsp3) is 0.368. The quantitative estimate of drug-likeness (QED) is 0.744. The van der Waals surface area contributed by atoms with Gasteiger partial charge in [-0.15, -0.1) is 5.10 Å². The average Bonchev–Trinajstić information content (AvgIpc) is 2.88.